The summed E-state index contributed by atoms with van der Waals surface area (Å²) in [7, 11) is 3.97. The van der Waals surface area contributed by atoms with E-state index in [2.05, 4.69) is 19.1 Å². The van der Waals surface area contributed by atoms with Gasteiger partial charge in [0.1, 0.15) is 0 Å². The Morgan fingerprint density at radius 1 is 1.31 bits per heavy atom. The van der Waals surface area contributed by atoms with Gasteiger partial charge in [0.25, 0.3) is 0 Å². The van der Waals surface area contributed by atoms with E-state index in [9.17, 15) is 4.79 Å². The molecule has 1 aliphatic rings. The predicted molar refractivity (Wildman–Crippen MR) is 65.3 cm³/mol. The molecule has 2 nitrogen and oxygen atoms in total. The molecule has 2 heteroatoms. The van der Waals surface area contributed by atoms with Gasteiger partial charge in [0.2, 0.25) is 0 Å². The topological polar surface area (TPSA) is 20.3 Å². The lowest BCUT2D eigenvalue weighted by molar-refractivity contribution is -0.124. The number of Topliss-reactive ketones (excluding diaryl/α,β-unsaturated/α-hetero) is 1. The van der Waals surface area contributed by atoms with Crippen LogP contribution in [0.5, 0.6) is 0 Å². The molecule has 1 aromatic carbocycles. The molecule has 0 bridgehead atoms. The molecule has 0 aliphatic heterocycles. The SMILES string of the molecule is Cc1ccccc1C(C(=O)C1CC1)N(C)C. The van der Waals surface area contributed by atoms with Crippen LogP contribution in [0.2, 0.25) is 0 Å². The number of rotatable bonds is 4. The summed E-state index contributed by atoms with van der Waals surface area (Å²) in [6.45, 7) is 2.08. The highest BCUT2D eigenvalue weighted by Crippen LogP contribution is 2.36. The van der Waals surface area contributed by atoms with Gasteiger partial charge in [-0.3, -0.25) is 9.69 Å². The molecular weight excluding hydrogens is 198 g/mol. The fraction of sp³-hybridized carbons (Fsp3) is 0.500. The highest BCUT2D eigenvalue weighted by atomic mass is 16.1. The normalized spacial score (nSPS) is 17.5. The molecule has 1 aromatic rings. The van der Waals surface area contributed by atoms with Gasteiger partial charge < -0.3 is 0 Å². The van der Waals surface area contributed by atoms with Gasteiger partial charge in [0, 0.05) is 5.92 Å². The molecular formula is C14H19NO. The van der Waals surface area contributed by atoms with E-state index in [1.165, 1.54) is 5.56 Å². The number of benzene rings is 1. The molecule has 0 heterocycles. The summed E-state index contributed by atoms with van der Waals surface area (Å²) in [5.74, 6) is 0.700. The quantitative estimate of drug-likeness (QED) is 0.772. The second-order valence-corrected chi connectivity index (χ2v) is 4.90. The van der Waals surface area contributed by atoms with Crippen LogP contribution in [-0.2, 0) is 4.79 Å². The maximum Gasteiger partial charge on any atom is 0.157 e. The number of carbonyl (C=O) groups is 1. The third-order valence-electron chi connectivity index (χ3n) is 3.25. The van der Waals surface area contributed by atoms with Crippen molar-refractivity contribution in [2.24, 2.45) is 5.92 Å². The first-order valence-electron chi connectivity index (χ1n) is 5.87. The smallest absolute Gasteiger partial charge is 0.157 e. The first-order chi connectivity index (χ1) is 7.61. The number of hydrogen-bond donors (Lipinski definition) is 0. The van der Waals surface area contributed by atoms with Gasteiger partial charge in [-0.2, -0.15) is 0 Å². The van der Waals surface area contributed by atoms with Crippen molar-refractivity contribution in [3.63, 3.8) is 0 Å². The molecule has 16 heavy (non-hydrogen) atoms. The van der Waals surface area contributed by atoms with Gasteiger partial charge in [-0.15, -0.1) is 0 Å². The molecule has 1 aliphatic carbocycles. The summed E-state index contributed by atoms with van der Waals surface area (Å²) in [5, 5.41) is 0. The standard InChI is InChI=1S/C14H19NO/c1-10-6-4-5-7-12(10)13(15(2)3)14(16)11-8-9-11/h4-7,11,13H,8-9H2,1-3H3. The van der Waals surface area contributed by atoms with E-state index >= 15 is 0 Å². The van der Waals surface area contributed by atoms with Gasteiger partial charge in [0.05, 0.1) is 6.04 Å². The molecule has 0 saturated heterocycles. The fourth-order valence-electron chi connectivity index (χ4n) is 2.17. The van der Waals surface area contributed by atoms with Gasteiger partial charge in [-0.1, -0.05) is 24.3 Å². The highest BCUT2D eigenvalue weighted by molar-refractivity contribution is 5.89. The molecule has 86 valence electrons. The minimum atomic E-state index is -0.0614. The van der Waals surface area contributed by atoms with Gasteiger partial charge in [0.15, 0.2) is 5.78 Å². The molecule has 0 amide bonds. The molecule has 1 fully saturated rings. The molecule has 1 atom stereocenters. The van der Waals surface area contributed by atoms with E-state index in [-0.39, 0.29) is 6.04 Å². The number of ketones is 1. The van der Waals surface area contributed by atoms with Gasteiger partial charge in [-0.25, -0.2) is 0 Å². The first kappa shape index (κ1) is 11.3. The number of hydrogen-bond acceptors (Lipinski definition) is 2. The zero-order valence-electron chi connectivity index (χ0n) is 10.2. The van der Waals surface area contributed by atoms with Crippen molar-refractivity contribution in [3.05, 3.63) is 35.4 Å². The van der Waals surface area contributed by atoms with Crippen LogP contribution in [0.1, 0.15) is 30.0 Å². The number of aryl methyl sites for hydroxylation is 1. The molecule has 0 radical (unpaired) electrons. The number of nitrogens with zero attached hydrogens (tertiary/aromatic N) is 1. The Morgan fingerprint density at radius 3 is 2.44 bits per heavy atom. The van der Waals surface area contributed by atoms with Crippen molar-refractivity contribution >= 4 is 5.78 Å². The van der Waals surface area contributed by atoms with E-state index in [1.54, 1.807) is 0 Å². The van der Waals surface area contributed by atoms with Crippen molar-refractivity contribution < 1.29 is 4.79 Å². The van der Waals surface area contributed by atoms with E-state index in [0.717, 1.165) is 18.4 Å². The van der Waals surface area contributed by atoms with Crippen LogP contribution in [-0.4, -0.2) is 24.8 Å². The summed E-state index contributed by atoms with van der Waals surface area (Å²) in [6.07, 6.45) is 2.16. The monoisotopic (exact) mass is 217 g/mol. The summed E-state index contributed by atoms with van der Waals surface area (Å²) in [4.78, 5) is 14.3. The third kappa shape index (κ3) is 2.17. The highest BCUT2D eigenvalue weighted by Gasteiger charge is 2.36. The molecule has 0 N–H and O–H groups in total. The van der Waals surface area contributed by atoms with Crippen LogP contribution in [0.3, 0.4) is 0 Å². The Hall–Kier alpha value is -1.15. The summed E-state index contributed by atoms with van der Waals surface area (Å²) < 4.78 is 0. The third-order valence-corrected chi connectivity index (χ3v) is 3.25. The molecule has 0 aromatic heterocycles. The second kappa shape index (κ2) is 4.38. The average Bonchev–Trinajstić information content (AvgIpc) is 3.04. The van der Waals surface area contributed by atoms with Crippen LogP contribution < -0.4 is 0 Å². The van der Waals surface area contributed by atoms with E-state index in [0.29, 0.717) is 11.7 Å². The minimum Gasteiger partial charge on any atom is -0.297 e. The minimum absolute atomic E-state index is 0.0614. The van der Waals surface area contributed by atoms with Crippen molar-refractivity contribution in [3.8, 4) is 0 Å². The van der Waals surface area contributed by atoms with Crippen molar-refractivity contribution in [1.29, 1.82) is 0 Å². The maximum atomic E-state index is 12.3. The van der Waals surface area contributed by atoms with Gasteiger partial charge >= 0.3 is 0 Å². The largest absolute Gasteiger partial charge is 0.297 e. The van der Waals surface area contributed by atoms with E-state index < -0.39 is 0 Å². The molecule has 1 unspecified atom stereocenters. The summed E-state index contributed by atoms with van der Waals surface area (Å²) >= 11 is 0. The Bertz CT molecular complexity index is 393. The Kier molecular flexibility index (Phi) is 3.10. The van der Waals surface area contributed by atoms with E-state index in [1.807, 2.05) is 31.1 Å². The van der Waals surface area contributed by atoms with Crippen LogP contribution in [0, 0.1) is 12.8 Å². The second-order valence-electron chi connectivity index (χ2n) is 4.90. The summed E-state index contributed by atoms with van der Waals surface area (Å²) in [6, 6.07) is 8.12. The van der Waals surface area contributed by atoms with Crippen LogP contribution >= 0.6 is 0 Å². The summed E-state index contributed by atoms with van der Waals surface area (Å²) in [5.41, 5.74) is 2.36. The first-order valence-corrected chi connectivity index (χ1v) is 5.87. The van der Waals surface area contributed by atoms with Crippen molar-refractivity contribution in [2.75, 3.05) is 14.1 Å². The van der Waals surface area contributed by atoms with Crippen LogP contribution in [0.4, 0.5) is 0 Å². The Labute approximate surface area is 97.3 Å². The predicted octanol–water partition coefficient (Wildman–Crippen LogP) is 2.58. The lowest BCUT2D eigenvalue weighted by Crippen LogP contribution is -2.29. The number of likely N-dealkylation sites (N-methyl/N-ethyl adjacent to an activating group) is 1. The average molecular weight is 217 g/mol. The van der Waals surface area contributed by atoms with Crippen LogP contribution in [0.25, 0.3) is 0 Å². The van der Waals surface area contributed by atoms with Crippen molar-refractivity contribution in [1.82, 2.24) is 4.90 Å². The maximum absolute atomic E-state index is 12.3. The zero-order chi connectivity index (χ0) is 11.7. The molecule has 0 spiro atoms. The van der Waals surface area contributed by atoms with Gasteiger partial charge in [-0.05, 0) is 45.0 Å². The zero-order valence-corrected chi connectivity index (χ0v) is 10.2. The molecule has 1 saturated carbocycles. The fourth-order valence-corrected chi connectivity index (χ4v) is 2.17. The van der Waals surface area contributed by atoms with E-state index in [4.69, 9.17) is 0 Å². The Balaban J connectivity index is 2.32. The molecule has 2 rings (SSSR count). The number of carbonyl (C=O) groups excluding carboxylic acids is 1. The lowest BCUT2D eigenvalue weighted by atomic mass is 9.95. The lowest BCUT2D eigenvalue weighted by Gasteiger charge is -2.25. The Morgan fingerprint density at radius 2 is 1.94 bits per heavy atom. The van der Waals surface area contributed by atoms with Crippen molar-refractivity contribution in [2.45, 2.75) is 25.8 Å². The van der Waals surface area contributed by atoms with Crippen LogP contribution in [0.15, 0.2) is 24.3 Å².